The summed E-state index contributed by atoms with van der Waals surface area (Å²) < 4.78 is 28.9. The molecule has 0 amide bonds. The predicted octanol–water partition coefficient (Wildman–Crippen LogP) is 15.3. The second-order valence-corrected chi connectivity index (χ2v) is 17.6. The van der Waals surface area contributed by atoms with Crippen LogP contribution in [0.2, 0.25) is 0 Å². The molecule has 2 aliphatic carbocycles. The van der Waals surface area contributed by atoms with Gasteiger partial charge in [0.2, 0.25) is 0 Å². The molecule has 0 aliphatic heterocycles. The van der Waals surface area contributed by atoms with Crippen LogP contribution in [-0.2, 0) is 36.6 Å². The van der Waals surface area contributed by atoms with Crippen LogP contribution in [0.15, 0.2) is 157 Å². The average molecular weight is 1020 g/mol. The summed E-state index contributed by atoms with van der Waals surface area (Å²) in [4.78, 5) is 29.0. The minimum Gasteiger partial charge on any atom is -0.491 e. The molecule has 0 N–H and O–H groups in total. The lowest BCUT2D eigenvalue weighted by Gasteiger charge is -2.17. The summed E-state index contributed by atoms with van der Waals surface area (Å²) in [6, 6.07) is 38.0. The molecule has 1 saturated carbocycles. The van der Waals surface area contributed by atoms with E-state index in [1.54, 1.807) is 20.4 Å². The molecule has 10 heteroatoms. The summed E-state index contributed by atoms with van der Waals surface area (Å²) in [6.07, 6.45) is 20.7. The van der Waals surface area contributed by atoms with E-state index in [9.17, 15) is 9.59 Å². The first-order chi connectivity index (χ1) is 36.6. The number of benzene rings is 5. The summed E-state index contributed by atoms with van der Waals surface area (Å²) in [5.74, 6) is 1.90. The minimum atomic E-state index is -0.134. The highest BCUT2D eigenvalue weighted by atomic mass is 16.6. The van der Waals surface area contributed by atoms with E-state index in [1.165, 1.54) is 87.1 Å². The number of aldehydes is 2. The molecule has 10 nitrogen and oxygen atoms in total. The second kappa shape index (κ2) is 40.5. The number of carbonyl (C=O) groups is 3. The first kappa shape index (κ1) is 64.3. The monoisotopic (exact) mass is 1020 g/mol. The smallest absolute Gasteiger partial charge is 0.152 e. The maximum absolute atomic E-state index is 10.3. The van der Waals surface area contributed by atoms with Gasteiger partial charge in [-0.3, -0.25) is 14.4 Å². The van der Waals surface area contributed by atoms with E-state index >= 15 is 0 Å². The Kier molecular flexibility index (Phi) is 34.7. The summed E-state index contributed by atoms with van der Waals surface area (Å²) in [6.45, 7) is 22.9. The molecule has 0 radical (unpaired) electrons. The van der Waals surface area contributed by atoms with Crippen molar-refractivity contribution in [2.24, 2.45) is 10.2 Å². The van der Waals surface area contributed by atoms with Crippen molar-refractivity contribution >= 4 is 36.0 Å². The fourth-order valence-electron chi connectivity index (χ4n) is 6.69. The number of rotatable bonds is 24. The van der Waals surface area contributed by atoms with E-state index in [1.807, 2.05) is 84.9 Å². The van der Waals surface area contributed by atoms with Crippen LogP contribution in [-0.4, -0.2) is 77.0 Å². The minimum absolute atomic E-state index is 0.0185. The third-order valence-electron chi connectivity index (χ3n) is 11.6. The third kappa shape index (κ3) is 25.8. The number of methoxy groups -OCH3 is 2. The lowest BCUT2D eigenvalue weighted by atomic mass is 10.0. The zero-order valence-corrected chi connectivity index (χ0v) is 46.0. The van der Waals surface area contributed by atoms with Crippen molar-refractivity contribution in [3.05, 3.63) is 186 Å². The molecule has 1 unspecified atom stereocenters. The van der Waals surface area contributed by atoms with Crippen LogP contribution in [0.1, 0.15) is 143 Å². The van der Waals surface area contributed by atoms with Gasteiger partial charge in [0.25, 0.3) is 0 Å². The van der Waals surface area contributed by atoms with Gasteiger partial charge in [0.05, 0.1) is 19.4 Å². The molecule has 0 bridgehead atoms. The van der Waals surface area contributed by atoms with Crippen LogP contribution in [0.25, 0.3) is 16.9 Å². The molecule has 0 heterocycles. The van der Waals surface area contributed by atoms with Gasteiger partial charge in [-0.1, -0.05) is 184 Å². The molecule has 1 fully saturated rings. The zero-order chi connectivity index (χ0) is 54.9. The van der Waals surface area contributed by atoms with Crippen LogP contribution in [0.5, 0.6) is 11.5 Å². The molecule has 2 aliphatic rings. The highest BCUT2D eigenvalue weighted by Gasteiger charge is 2.24. The molecule has 0 aromatic heterocycles. The Bertz CT molecular complexity index is 2410. The number of unbranched alkanes of at least 4 members (excludes halogenated alkanes) is 3. The number of aryl methyl sites for hydroxylation is 1. The first-order valence-electron chi connectivity index (χ1n) is 26.4. The summed E-state index contributed by atoms with van der Waals surface area (Å²) in [5.41, 5.74) is 10.1. The third-order valence-corrected chi connectivity index (χ3v) is 11.6. The van der Waals surface area contributed by atoms with Crippen LogP contribution < -0.4 is 9.47 Å². The largest absolute Gasteiger partial charge is 0.491 e. The lowest BCUT2D eigenvalue weighted by Crippen LogP contribution is -2.26. The number of hydrogen-bond acceptors (Lipinski definition) is 10. The molecule has 5 aromatic carbocycles. The Hall–Kier alpha value is -6.85. The van der Waals surface area contributed by atoms with Gasteiger partial charge in [0.1, 0.15) is 48.3 Å². The summed E-state index contributed by atoms with van der Waals surface area (Å²) in [7, 11) is 3.38. The fraction of sp³-hybridized carbons (Fsp3) is 0.369. The van der Waals surface area contributed by atoms with Gasteiger partial charge in [-0.05, 0) is 97.0 Å². The van der Waals surface area contributed by atoms with E-state index in [2.05, 4.69) is 82.9 Å². The Morgan fingerprint density at radius 1 is 0.680 bits per heavy atom. The standard InChI is InChI=1S/C40H44N2O5.C10H12O.C4H6O.C4H8.C4H10.C3H4O/c1-5-6-11-23-45-27-34(44-4)28-46-33-19-17-31(18-20-33)29(2)47-39-21-16-30(22-24-43-3)25-32(39)26-41-42-40-37-14-9-7-12-35(37)36-13-8-10-15-38(36)40;1-2-3-9-4-6-10(8-11)7-5-9;1-3-4(2)5;1-2-4-3-1;1-3-4-2;1-2-3-4/h7-10,12-21,25-26,34H,2,5-6,11,22-24,27-28H2,1,3-4H3;4-8H,2-3H2,1H3;3H,1H2,2H3;1-4H2;3-4H2,1-2H3;2-3H,1H2/b41-26+;;;;;. The van der Waals surface area contributed by atoms with E-state index in [0.29, 0.717) is 37.6 Å². The highest BCUT2D eigenvalue weighted by molar-refractivity contribution is 6.24. The Balaban J connectivity index is 0.000000555. The zero-order valence-electron chi connectivity index (χ0n) is 46.0. The quantitative estimate of drug-likeness (QED) is 0.0147. The van der Waals surface area contributed by atoms with Crippen molar-refractivity contribution in [1.29, 1.82) is 0 Å². The SMILES string of the molecule is C1CCC1.C=C(Oc1ccc(CCOC)cc1/C=N/N=C1c2ccccc2-c2ccccc21)c1ccc(OCC(COCCCCC)OC)cc1.C=CC(C)=O.C=CC=O.CCCC.CCCc1ccc(C=O)cc1. The highest BCUT2D eigenvalue weighted by Crippen LogP contribution is 2.36. The van der Waals surface area contributed by atoms with Gasteiger partial charge in [-0.2, -0.15) is 5.10 Å². The normalized spacial score (nSPS) is 11.6. The molecule has 1 atom stereocenters. The van der Waals surface area contributed by atoms with Gasteiger partial charge in [0, 0.05) is 48.6 Å². The lowest BCUT2D eigenvalue weighted by molar-refractivity contribution is -0.112. The predicted molar refractivity (Wildman–Crippen MR) is 312 cm³/mol. The van der Waals surface area contributed by atoms with Gasteiger partial charge in [-0.25, -0.2) is 0 Å². The van der Waals surface area contributed by atoms with Crippen LogP contribution >= 0.6 is 0 Å². The van der Waals surface area contributed by atoms with Crippen molar-refractivity contribution in [2.45, 2.75) is 118 Å². The maximum Gasteiger partial charge on any atom is 0.152 e. The van der Waals surface area contributed by atoms with E-state index in [4.69, 9.17) is 33.6 Å². The molecular formula is C65H84N2O8. The van der Waals surface area contributed by atoms with Crippen molar-refractivity contribution in [3.8, 4) is 22.6 Å². The molecule has 0 saturated heterocycles. The number of carbonyl (C=O) groups excluding carboxylic acids is 3. The Morgan fingerprint density at radius 3 is 1.73 bits per heavy atom. The number of hydrogen-bond donors (Lipinski definition) is 0. The number of allylic oxidation sites excluding steroid dienone is 2. The Morgan fingerprint density at radius 2 is 1.25 bits per heavy atom. The number of nitrogens with zero attached hydrogens (tertiary/aromatic N) is 2. The van der Waals surface area contributed by atoms with Crippen molar-refractivity contribution in [1.82, 2.24) is 0 Å². The average Bonchev–Trinajstić information content (AvgIpc) is 3.75. The van der Waals surface area contributed by atoms with Gasteiger partial charge >= 0.3 is 0 Å². The molecule has 0 spiro atoms. The van der Waals surface area contributed by atoms with Gasteiger partial charge in [0.15, 0.2) is 5.78 Å². The van der Waals surface area contributed by atoms with Crippen LogP contribution in [0.4, 0.5) is 0 Å². The van der Waals surface area contributed by atoms with Crippen molar-refractivity contribution in [2.75, 3.05) is 40.6 Å². The van der Waals surface area contributed by atoms with Crippen molar-refractivity contribution in [3.63, 3.8) is 0 Å². The topological polar surface area (TPSA) is 122 Å². The van der Waals surface area contributed by atoms with E-state index in [0.717, 1.165) is 83.4 Å². The number of ketones is 1. The molecule has 75 heavy (non-hydrogen) atoms. The molecule has 5 aromatic rings. The van der Waals surface area contributed by atoms with Crippen LogP contribution in [0.3, 0.4) is 0 Å². The molecule has 7 rings (SSSR count). The Labute approximate surface area is 449 Å². The van der Waals surface area contributed by atoms with Crippen molar-refractivity contribution < 1.29 is 38.1 Å². The van der Waals surface area contributed by atoms with Crippen LogP contribution in [0, 0.1) is 0 Å². The summed E-state index contributed by atoms with van der Waals surface area (Å²) >= 11 is 0. The number of ether oxygens (including phenoxy) is 5. The second-order valence-electron chi connectivity index (χ2n) is 17.6. The number of fused-ring (bicyclic) bond motifs is 3. The van der Waals surface area contributed by atoms with E-state index < -0.39 is 0 Å². The first-order valence-corrected chi connectivity index (χ1v) is 26.4. The molecule has 402 valence electrons. The van der Waals surface area contributed by atoms with E-state index in [-0.39, 0.29) is 11.9 Å². The summed E-state index contributed by atoms with van der Waals surface area (Å²) in [5, 5.41) is 9.25. The molecular weight excluding hydrogens is 937 g/mol. The van der Waals surface area contributed by atoms with Gasteiger partial charge < -0.3 is 23.7 Å². The fourth-order valence-corrected chi connectivity index (χ4v) is 6.69. The van der Waals surface area contributed by atoms with Gasteiger partial charge in [-0.15, -0.1) is 5.10 Å². The maximum atomic E-state index is 10.3.